The Morgan fingerprint density at radius 2 is 1.60 bits per heavy atom. The van der Waals surface area contributed by atoms with E-state index in [-0.39, 0.29) is 21.2 Å². The Bertz CT molecular complexity index is 959. The van der Waals surface area contributed by atoms with E-state index in [2.05, 4.69) is 10.6 Å². The Morgan fingerprint density at radius 1 is 0.960 bits per heavy atom. The monoisotopic (exact) mass is 398 g/mol. The third-order valence-electron chi connectivity index (χ3n) is 3.66. The van der Waals surface area contributed by atoms with Gasteiger partial charge in [0.1, 0.15) is 6.04 Å². The van der Waals surface area contributed by atoms with Crippen LogP contribution in [0, 0.1) is 0 Å². The summed E-state index contributed by atoms with van der Waals surface area (Å²) in [6.07, 6.45) is 0. The van der Waals surface area contributed by atoms with Crippen LogP contribution in [0.2, 0.25) is 10.0 Å². The van der Waals surface area contributed by atoms with Crippen LogP contribution < -0.4 is 10.6 Å². The summed E-state index contributed by atoms with van der Waals surface area (Å²) in [5.41, 5.74) is 0.676. The maximum absolute atomic E-state index is 12.8. The molecule has 25 heavy (non-hydrogen) atoms. The topological polar surface area (TPSA) is 92.3 Å². The summed E-state index contributed by atoms with van der Waals surface area (Å²) < 4.78 is 25.7. The molecule has 0 aromatic heterocycles. The van der Waals surface area contributed by atoms with Crippen molar-refractivity contribution in [2.75, 3.05) is 0 Å². The van der Waals surface area contributed by atoms with Crippen molar-refractivity contribution in [1.82, 2.24) is 10.6 Å². The molecule has 1 aliphatic heterocycles. The van der Waals surface area contributed by atoms with E-state index in [1.54, 1.807) is 24.3 Å². The van der Waals surface area contributed by atoms with Crippen molar-refractivity contribution in [2.45, 2.75) is 16.7 Å². The van der Waals surface area contributed by atoms with E-state index in [1.807, 2.05) is 0 Å². The Labute approximate surface area is 154 Å². The third kappa shape index (κ3) is 3.78. The highest BCUT2D eigenvalue weighted by Gasteiger charge is 2.35. The second-order valence-electron chi connectivity index (χ2n) is 5.46. The molecule has 2 N–H and O–H groups in total. The molecule has 2 aromatic rings. The van der Waals surface area contributed by atoms with Gasteiger partial charge < -0.3 is 5.32 Å². The lowest BCUT2D eigenvalue weighted by atomic mass is 10.1. The molecule has 1 atom stereocenters. The van der Waals surface area contributed by atoms with E-state index < -0.39 is 27.8 Å². The van der Waals surface area contributed by atoms with Crippen molar-refractivity contribution in [3.63, 3.8) is 0 Å². The highest BCUT2D eigenvalue weighted by Crippen LogP contribution is 2.30. The van der Waals surface area contributed by atoms with Gasteiger partial charge in [0.05, 0.1) is 10.6 Å². The van der Waals surface area contributed by atoms with Gasteiger partial charge in [-0.05, 0) is 35.9 Å². The van der Waals surface area contributed by atoms with E-state index in [9.17, 15) is 18.0 Å². The summed E-state index contributed by atoms with van der Waals surface area (Å²) in [6, 6.07) is 8.75. The molecule has 1 fully saturated rings. The Kier molecular flexibility index (Phi) is 4.73. The number of nitrogens with one attached hydrogen (secondary N) is 2. The average Bonchev–Trinajstić information content (AvgIpc) is 2.87. The summed E-state index contributed by atoms with van der Waals surface area (Å²) in [5.74, 6) is -0.906. The highest BCUT2D eigenvalue weighted by atomic mass is 35.5. The zero-order chi connectivity index (χ0) is 18.2. The fraction of sp³-hybridized carbons (Fsp3) is 0.125. The molecule has 0 radical (unpaired) electrons. The van der Waals surface area contributed by atoms with Crippen LogP contribution in [-0.4, -0.2) is 20.4 Å². The van der Waals surface area contributed by atoms with Gasteiger partial charge >= 0.3 is 6.03 Å². The van der Waals surface area contributed by atoms with Crippen LogP contribution in [-0.2, 0) is 20.4 Å². The smallest absolute Gasteiger partial charge is 0.322 e. The van der Waals surface area contributed by atoms with Crippen molar-refractivity contribution in [2.24, 2.45) is 0 Å². The fourth-order valence-corrected chi connectivity index (χ4v) is 4.45. The maximum Gasteiger partial charge on any atom is 0.322 e. The van der Waals surface area contributed by atoms with E-state index in [0.717, 1.165) is 0 Å². The number of carbonyl (C=O) groups is 2. The lowest BCUT2D eigenvalue weighted by molar-refractivity contribution is -0.120. The Morgan fingerprint density at radius 3 is 2.20 bits per heavy atom. The van der Waals surface area contributed by atoms with Crippen molar-refractivity contribution in [3.8, 4) is 0 Å². The molecule has 1 heterocycles. The molecule has 0 bridgehead atoms. The standard InChI is InChI=1S/C16H12Cl2N2O4S/c17-10-3-1-9(2-4-10)8-25(23,24)13-6-5-11(18)7-12(13)14-15(21)20-16(22)19-14/h1-7,14H,8H2,(H2,19,20,21,22). The van der Waals surface area contributed by atoms with Gasteiger partial charge in [0.15, 0.2) is 9.84 Å². The SMILES string of the molecule is O=C1NC(=O)C(c2cc(Cl)ccc2S(=O)(=O)Cc2ccc(Cl)cc2)N1. The van der Waals surface area contributed by atoms with Gasteiger partial charge in [0.2, 0.25) is 0 Å². The van der Waals surface area contributed by atoms with Gasteiger partial charge in [-0.3, -0.25) is 10.1 Å². The first-order chi connectivity index (χ1) is 11.8. The van der Waals surface area contributed by atoms with Crippen LogP contribution in [0.15, 0.2) is 47.4 Å². The molecule has 1 aliphatic rings. The van der Waals surface area contributed by atoms with Gasteiger partial charge in [-0.2, -0.15) is 0 Å². The molecule has 9 heteroatoms. The zero-order valence-corrected chi connectivity index (χ0v) is 15.0. The van der Waals surface area contributed by atoms with E-state index >= 15 is 0 Å². The Balaban J connectivity index is 2.02. The molecular weight excluding hydrogens is 387 g/mol. The lowest BCUT2D eigenvalue weighted by Gasteiger charge is -2.15. The summed E-state index contributed by atoms with van der Waals surface area (Å²) in [5, 5.41) is 5.23. The zero-order valence-electron chi connectivity index (χ0n) is 12.6. The number of halogens is 2. The maximum atomic E-state index is 12.8. The Hall–Kier alpha value is -2.09. The second-order valence-corrected chi connectivity index (χ2v) is 8.29. The number of benzene rings is 2. The average molecular weight is 399 g/mol. The number of sulfone groups is 1. The predicted molar refractivity (Wildman–Crippen MR) is 93.2 cm³/mol. The molecule has 1 unspecified atom stereocenters. The first kappa shape index (κ1) is 17.7. The molecule has 130 valence electrons. The van der Waals surface area contributed by atoms with Gasteiger partial charge in [-0.25, -0.2) is 13.2 Å². The largest absolute Gasteiger partial charge is 0.322 e. The first-order valence-electron chi connectivity index (χ1n) is 7.14. The van der Waals surface area contributed by atoms with Crippen molar-refractivity contribution < 1.29 is 18.0 Å². The van der Waals surface area contributed by atoms with Crippen LogP contribution in [0.25, 0.3) is 0 Å². The van der Waals surface area contributed by atoms with Crippen LogP contribution in [0.5, 0.6) is 0 Å². The third-order valence-corrected chi connectivity index (χ3v) is 5.90. The van der Waals surface area contributed by atoms with Gasteiger partial charge in [-0.15, -0.1) is 0 Å². The van der Waals surface area contributed by atoms with Crippen LogP contribution in [0.4, 0.5) is 4.79 Å². The summed E-state index contributed by atoms with van der Waals surface area (Å²) >= 11 is 11.8. The molecule has 3 amide bonds. The van der Waals surface area contributed by atoms with Crippen molar-refractivity contribution in [1.29, 1.82) is 0 Å². The van der Waals surface area contributed by atoms with Crippen LogP contribution in [0.1, 0.15) is 17.2 Å². The minimum absolute atomic E-state index is 0.0609. The number of hydrogen-bond acceptors (Lipinski definition) is 4. The number of urea groups is 1. The molecule has 0 saturated carbocycles. The number of imide groups is 1. The summed E-state index contributed by atoms with van der Waals surface area (Å²) in [7, 11) is -3.78. The second kappa shape index (κ2) is 6.67. The van der Waals surface area contributed by atoms with Crippen LogP contribution in [0.3, 0.4) is 0 Å². The quantitative estimate of drug-likeness (QED) is 0.774. The van der Waals surface area contributed by atoms with E-state index in [4.69, 9.17) is 23.2 Å². The number of rotatable bonds is 4. The van der Waals surface area contributed by atoms with Crippen molar-refractivity contribution in [3.05, 3.63) is 63.6 Å². The first-order valence-corrected chi connectivity index (χ1v) is 9.55. The molecule has 0 aliphatic carbocycles. The summed E-state index contributed by atoms with van der Waals surface area (Å²) in [6.45, 7) is 0. The normalized spacial score (nSPS) is 17.3. The molecule has 3 rings (SSSR count). The van der Waals surface area contributed by atoms with Gasteiger partial charge in [0.25, 0.3) is 5.91 Å². The lowest BCUT2D eigenvalue weighted by Crippen LogP contribution is -2.23. The van der Waals surface area contributed by atoms with E-state index in [0.29, 0.717) is 10.6 Å². The molecular formula is C16H12Cl2N2O4S. The van der Waals surface area contributed by atoms with E-state index in [1.165, 1.54) is 18.2 Å². The summed E-state index contributed by atoms with van der Waals surface area (Å²) in [4.78, 5) is 23.2. The minimum Gasteiger partial charge on any atom is -0.322 e. The molecule has 0 spiro atoms. The number of carbonyl (C=O) groups excluding carboxylic acids is 2. The fourth-order valence-electron chi connectivity index (χ4n) is 2.54. The van der Waals surface area contributed by atoms with Crippen molar-refractivity contribution >= 4 is 45.0 Å². The number of hydrogen-bond donors (Lipinski definition) is 2. The highest BCUT2D eigenvalue weighted by molar-refractivity contribution is 7.90. The number of amides is 3. The molecule has 2 aromatic carbocycles. The molecule has 6 nitrogen and oxygen atoms in total. The predicted octanol–water partition coefficient (Wildman–Crippen LogP) is 2.85. The molecule has 1 saturated heterocycles. The van der Waals surface area contributed by atoms with Crippen LogP contribution >= 0.6 is 23.2 Å². The minimum atomic E-state index is -3.78. The van der Waals surface area contributed by atoms with Gasteiger partial charge in [-0.1, -0.05) is 35.3 Å². The van der Waals surface area contributed by atoms with Gasteiger partial charge in [0, 0.05) is 15.6 Å².